The summed E-state index contributed by atoms with van der Waals surface area (Å²) in [7, 11) is -3.54. The van der Waals surface area contributed by atoms with Crippen LogP contribution in [0.1, 0.15) is 29.8 Å². The summed E-state index contributed by atoms with van der Waals surface area (Å²) in [6, 6.07) is 8.68. The predicted molar refractivity (Wildman–Crippen MR) is 94.1 cm³/mol. The van der Waals surface area contributed by atoms with Gasteiger partial charge in [0.25, 0.3) is 5.91 Å². The Bertz CT molecular complexity index is 860. The molecule has 0 aromatic heterocycles. The van der Waals surface area contributed by atoms with E-state index >= 15 is 0 Å². The van der Waals surface area contributed by atoms with Gasteiger partial charge in [0.05, 0.1) is 4.90 Å². The molecule has 0 saturated heterocycles. The van der Waals surface area contributed by atoms with Crippen molar-refractivity contribution in [3.8, 4) is 0 Å². The van der Waals surface area contributed by atoms with Crippen molar-refractivity contribution >= 4 is 15.9 Å². The van der Waals surface area contributed by atoms with Crippen LogP contribution in [0.25, 0.3) is 0 Å². The third-order valence-corrected chi connectivity index (χ3v) is 5.91. The highest BCUT2D eigenvalue weighted by atomic mass is 32.2. The molecule has 140 valence electrons. The largest absolute Gasteiger partial charge is 0.348 e. The molecule has 8 heteroatoms. The third kappa shape index (κ3) is 4.64. The second-order valence-corrected chi connectivity index (χ2v) is 7.51. The van der Waals surface area contributed by atoms with Crippen LogP contribution in [0.15, 0.2) is 47.4 Å². The fourth-order valence-corrected chi connectivity index (χ4v) is 3.92. The van der Waals surface area contributed by atoms with E-state index in [4.69, 9.17) is 0 Å². The number of hydrogen-bond donors (Lipinski definition) is 1. The van der Waals surface area contributed by atoms with E-state index in [9.17, 15) is 22.0 Å². The molecule has 2 rings (SSSR count). The van der Waals surface area contributed by atoms with Crippen LogP contribution in [-0.4, -0.2) is 31.7 Å². The van der Waals surface area contributed by atoms with E-state index in [2.05, 4.69) is 5.32 Å². The lowest BCUT2D eigenvalue weighted by atomic mass is 10.2. The van der Waals surface area contributed by atoms with Crippen molar-refractivity contribution in [2.45, 2.75) is 25.3 Å². The fraction of sp³-hybridized carbons (Fsp3) is 0.278. The second kappa shape index (κ2) is 8.37. The first-order chi connectivity index (χ1) is 12.3. The standard InChI is InChI=1S/C18H20F2N2O3S/c1-3-22(4-2)26(24,25)17-7-5-13(6-8-17)12-21-18(23)14-9-15(19)11-16(20)10-14/h5-11H,3-4,12H2,1-2H3,(H,21,23). The van der Waals surface area contributed by atoms with Crippen LogP contribution in [0.3, 0.4) is 0 Å². The van der Waals surface area contributed by atoms with E-state index in [0.29, 0.717) is 24.7 Å². The van der Waals surface area contributed by atoms with Crippen molar-refractivity contribution in [1.82, 2.24) is 9.62 Å². The van der Waals surface area contributed by atoms with E-state index < -0.39 is 27.6 Å². The number of hydrogen-bond acceptors (Lipinski definition) is 3. The average Bonchev–Trinajstić information content (AvgIpc) is 2.60. The van der Waals surface area contributed by atoms with Gasteiger partial charge in [-0.1, -0.05) is 26.0 Å². The highest BCUT2D eigenvalue weighted by molar-refractivity contribution is 7.89. The van der Waals surface area contributed by atoms with Crippen molar-refractivity contribution in [3.05, 3.63) is 65.2 Å². The zero-order valence-electron chi connectivity index (χ0n) is 14.5. The third-order valence-electron chi connectivity index (χ3n) is 3.84. The Labute approximate surface area is 151 Å². The summed E-state index contributed by atoms with van der Waals surface area (Å²) < 4.78 is 52.5. The van der Waals surface area contributed by atoms with Gasteiger partial charge in [-0.25, -0.2) is 17.2 Å². The summed E-state index contributed by atoms with van der Waals surface area (Å²) in [5.74, 6) is -2.29. The van der Waals surface area contributed by atoms with Crippen molar-refractivity contribution in [2.24, 2.45) is 0 Å². The molecular formula is C18H20F2N2O3S. The summed E-state index contributed by atoms with van der Waals surface area (Å²) in [5.41, 5.74) is 0.539. The van der Waals surface area contributed by atoms with Crippen molar-refractivity contribution in [2.75, 3.05) is 13.1 Å². The van der Waals surface area contributed by atoms with Crippen LogP contribution in [0.5, 0.6) is 0 Å². The minimum Gasteiger partial charge on any atom is -0.348 e. The molecule has 0 fully saturated rings. The monoisotopic (exact) mass is 382 g/mol. The Balaban J connectivity index is 2.06. The van der Waals surface area contributed by atoms with E-state index in [0.717, 1.165) is 12.1 Å². The Morgan fingerprint density at radius 2 is 1.54 bits per heavy atom. The topological polar surface area (TPSA) is 66.5 Å². The SMILES string of the molecule is CCN(CC)S(=O)(=O)c1ccc(CNC(=O)c2cc(F)cc(F)c2)cc1. The second-order valence-electron chi connectivity index (χ2n) is 5.57. The highest BCUT2D eigenvalue weighted by Crippen LogP contribution is 2.16. The molecule has 0 aliphatic heterocycles. The van der Waals surface area contributed by atoms with Gasteiger partial charge in [-0.15, -0.1) is 0 Å². The first-order valence-corrected chi connectivity index (χ1v) is 9.55. The fourth-order valence-electron chi connectivity index (χ4n) is 2.46. The maximum Gasteiger partial charge on any atom is 0.251 e. The molecule has 0 spiro atoms. The van der Waals surface area contributed by atoms with Crippen LogP contribution < -0.4 is 5.32 Å². The number of halogens is 2. The molecule has 0 aliphatic rings. The van der Waals surface area contributed by atoms with Crippen LogP contribution >= 0.6 is 0 Å². The minimum atomic E-state index is -3.54. The molecule has 0 unspecified atom stereocenters. The van der Waals surface area contributed by atoms with Gasteiger partial charge in [-0.05, 0) is 29.8 Å². The van der Waals surface area contributed by atoms with Gasteiger partial charge in [0.2, 0.25) is 10.0 Å². The summed E-state index contributed by atoms with van der Waals surface area (Å²) in [4.78, 5) is 12.1. The minimum absolute atomic E-state index is 0.0998. The number of carbonyl (C=O) groups excluding carboxylic acids is 1. The molecular weight excluding hydrogens is 362 g/mol. The van der Waals surface area contributed by atoms with E-state index in [1.807, 2.05) is 0 Å². The first-order valence-electron chi connectivity index (χ1n) is 8.11. The number of benzene rings is 2. The lowest BCUT2D eigenvalue weighted by Gasteiger charge is -2.18. The number of nitrogens with zero attached hydrogens (tertiary/aromatic N) is 1. The van der Waals surface area contributed by atoms with Crippen molar-refractivity contribution < 1.29 is 22.0 Å². The predicted octanol–water partition coefficient (Wildman–Crippen LogP) is 2.93. The van der Waals surface area contributed by atoms with Crippen LogP contribution in [0.4, 0.5) is 8.78 Å². The van der Waals surface area contributed by atoms with Crippen LogP contribution in [0.2, 0.25) is 0 Å². The molecule has 1 amide bonds. The molecule has 26 heavy (non-hydrogen) atoms. The maximum atomic E-state index is 13.2. The summed E-state index contributed by atoms with van der Waals surface area (Å²) in [6.45, 7) is 4.38. The molecule has 0 aliphatic carbocycles. The molecule has 1 N–H and O–H groups in total. The van der Waals surface area contributed by atoms with Gasteiger partial charge in [-0.2, -0.15) is 4.31 Å². The van der Waals surface area contributed by atoms with Gasteiger partial charge >= 0.3 is 0 Å². The van der Waals surface area contributed by atoms with Gasteiger partial charge in [-0.3, -0.25) is 4.79 Å². The summed E-state index contributed by atoms with van der Waals surface area (Å²) in [5, 5.41) is 2.54. The Morgan fingerprint density at radius 3 is 2.04 bits per heavy atom. The van der Waals surface area contributed by atoms with Crippen molar-refractivity contribution in [3.63, 3.8) is 0 Å². The molecule has 0 saturated carbocycles. The van der Waals surface area contributed by atoms with E-state index in [1.165, 1.54) is 16.4 Å². The summed E-state index contributed by atoms with van der Waals surface area (Å²) in [6.07, 6.45) is 0. The molecule has 0 atom stereocenters. The highest BCUT2D eigenvalue weighted by Gasteiger charge is 2.21. The number of amides is 1. The smallest absolute Gasteiger partial charge is 0.251 e. The van der Waals surface area contributed by atoms with Crippen LogP contribution in [0, 0.1) is 11.6 Å². The number of rotatable bonds is 7. The average molecular weight is 382 g/mol. The number of sulfonamides is 1. The van der Waals surface area contributed by atoms with E-state index in [-0.39, 0.29) is 17.0 Å². The molecule has 2 aromatic carbocycles. The van der Waals surface area contributed by atoms with E-state index in [1.54, 1.807) is 26.0 Å². The molecule has 0 heterocycles. The first kappa shape index (κ1) is 20.0. The van der Waals surface area contributed by atoms with Gasteiger partial charge < -0.3 is 5.32 Å². The van der Waals surface area contributed by atoms with Gasteiger partial charge in [0.1, 0.15) is 11.6 Å². The van der Waals surface area contributed by atoms with Gasteiger partial charge in [0, 0.05) is 31.3 Å². The molecule has 5 nitrogen and oxygen atoms in total. The number of carbonyl (C=O) groups is 1. The Kier molecular flexibility index (Phi) is 6.44. The number of nitrogens with one attached hydrogen (secondary N) is 1. The normalized spacial score (nSPS) is 11.6. The lowest BCUT2D eigenvalue weighted by Crippen LogP contribution is -2.30. The Morgan fingerprint density at radius 1 is 1.00 bits per heavy atom. The molecule has 2 aromatic rings. The van der Waals surface area contributed by atoms with Crippen molar-refractivity contribution in [1.29, 1.82) is 0 Å². The quantitative estimate of drug-likeness (QED) is 0.801. The summed E-state index contributed by atoms with van der Waals surface area (Å²) >= 11 is 0. The van der Waals surface area contributed by atoms with Gasteiger partial charge in [0.15, 0.2) is 0 Å². The zero-order valence-corrected chi connectivity index (χ0v) is 15.3. The zero-order chi connectivity index (χ0) is 19.3. The van der Waals surface area contributed by atoms with Crippen LogP contribution in [-0.2, 0) is 16.6 Å². The molecule has 0 radical (unpaired) electrons. The maximum absolute atomic E-state index is 13.2. The molecule has 0 bridgehead atoms. The lowest BCUT2D eigenvalue weighted by molar-refractivity contribution is 0.0950. The Hall–Kier alpha value is -2.32.